The molecule has 0 aromatic heterocycles. The van der Waals surface area contributed by atoms with Crippen molar-refractivity contribution in [2.45, 2.75) is 96.1 Å². The first-order valence-electron chi connectivity index (χ1n) is 13.5. The molecule has 10 nitrogen and oxygen atoms in total. The molecule has 0 aliphatic heterocycles. The normalized spacial score (nSPS) is 13.1. The van der Waals surface area contributed by atoms with E-state index in [-0.39, 0.29) is 23.7 Å². The SMILES string of the molecule is CC/C=C/C/C=C/C/C=C/CCCCCCCC(=O)SCC(NC(=O)CCC(N)C(=O)O)C(=O)NCC(=O)O. The van der Waals surface area contributed by atoms with E-state index in [9.17, 15) is 24.0 Å². The molecule has 0 radical (unpaired) electrons. The molecule has 0 spiro atoms. The molecule has 6 N–H and O–H groups in total. The van der Waals surface area contributed by atoms with Crippen LogP contribution in [-0.4, -0.2) is 63.5 Å². The van der Waals surface area contributed by atoms with Crippen LogP contribution in [0.4, 0.5) is 0 Å². The molecule has 0 aliphatic rings. The van der Waals surface area contributed by atoms with Crippen LogP contribution in [0, 0.1) is 0 Å². The zero-order chi connectivity index (χ0) is 29.3. The summed E-state index contributed by atoms with van der Waals surface area (Å²) in [6.07, 6.45) is 22.0. The number of unbranched alkanes of at least 4 members (excludes halogenated alkanes) is 5. The van der Waals surface area contributed by atoms with Gasteiger partial charge in [0.05, 0.1) is 0 Å². The van der Waals surface area contributed by atoms with Crippen molar-refractivity contribution in [2.24, 2.45) is 5.73 Å². The van der Waals surface area contributed by atoms with Crippen LogP contribution in [0.15, 0.2) is 36.5 Å². The van der Waals surface area contributed by atoms with E-state index in [4.69, 9.17) is 15.9 Å². The Morgan fingerprint density at radius 2 is 1.46 bits per heavy atom. The number of hydrogen-bond acceptors (Lipinski definition) is 7. The minimum atomic E-state index is -1.25. The molecular formula is C28H45N3O7S. The zero-order valence-electron chi connectivity index (χ0n) is 22.9. The van der Waals surface area contributed by atoms with Crippen LogP contribution >= 0.6 is 11.8 Å². The van der Waals surface area contributed by atoms with Gasteiger partial charge in [0.25, 0.3) is 0 Å². The summed E-state index contributed by atoms with van der Waals surface area (Å²) in [5.41, 5.74) is 5.38. The van der Waals surface area contributed by atoms with Gasteiger partial charge in [-0.05, 0) is 44.9 Å². The van der Waals surface area contributed by atoms with Gasteiger partial charge in [-0.25, -0.2) is 0 Å². The fourth-order valence-electron chi connectivity index (χ4n) is 3.28. The third kappa shape index (κ3) is 22.7. The van der Waals surface area contributed by atoms with E-state index in [2.05, 4.69) is 54.0 Å². The van der Waals surface area contributed by atoms with E-state index >= 15 is 0 Å². The minimum Gasteiger partial charge on any atom is -0.480 e. The van der Waals surface area contributed by atoms with E-state index in [1.54, 1.807) is 0 Å². The van der Waals surface area contributed by atoms with Gasteiger partial charge in [-0.2, -0.15) is 0 Å². The maximum Gasteiger partial charge on any atom is 0.322 e. The van der Waals surface area contributed by atoms with Gasteiger partial charge in [-0.3, -0.25) is 24.0 Å². The van der Waals surface area contributed by atoms with Crippen molar-refractivity contribution in [3.63, 3.8) is 0 Å². The molecule has 0 aliphatic carbocycles. The number of carboxylic acids is 2. The van der Waals surface area contributed by atoms with E-state index < -0.39 is 42.4 Å². The largest absolute Gasteiger partial charge is 0.480 e. The highest BCUT2D eigenvalue weighted by molar-refractivity contribution is 8.13. The highest BCUT2D eigenvalue weighted by Gasteiger charge is 2.23. The second-order valence-corrected chi connectivity index (χ2v) is 10.1. The lowest BCUT2D eigenvalue weighted by Crippen LogP contribution is -2.49. The summed E-state index contributed by atoms with van der Waals surface area (Å²) >= 11 is 0.906. The fourth-order valence-corrected chi connectivity index (χ4v) is 4.16. The average Bonchev–Trinajstić information content (AvgIpc) is 2.90. The number of nitrogens with one attached hydrogen (secondary N) is 2. The van der Waals surface area contributed by atoms with Crippen molar-refractivity contribution in [3.8, 4) is 0 Å². The van der Waals surface area contributed by atoms with Crippen molar-refractivity contribution in [2.75, 3.05) is 12.3 Å². The lowest BCUT2D eigenvalue weighted by Gasteiger charge is -2.18. The van der Waals surface area contributed by atoms with Crippen LogP contribution in [0.3, 0.4) is 0 Å². The number of nitrogens with two attached hydrogens (primary N) is 1. The first-order valence-corrected chi connectivity index (χ1v) is 14.5. The van der Waals surface area contributed by atoms with E-state index in [0.29, 0.717) is 6.42 Å². The van der Waals surface area contributed by atoms with Gasteiger partial charge in [0, 0.05) is 18.6 Å². The van der Waals surface area contributed by atoms with Gasteiger partial charge in [0.2, 0.25) is 11.8 Å². The highest BCUT2D eigenvalue weighted by atomic mass is 32.2. The van der Waals surface area contributed by atoms with Crippen molar-refractivity contribution < 1.29 is 34.2 Å². The Labute approximate surface area is 235 Å². The third-order valence-corrected chi connectivity index (χ3v) is 6.53. The number of aliphatic carboxylic acids is 2. The molecule has 0 saturated heterocycles. The summed E-state index contributed by atoms with van der Waals surface area (Å²) in [5.74, 6) is -3.89. The number of rotatable bonds is 23. The molecule has 0 fully saturated rings. The Hall–Kier alpha value is -2.92. The van der Waals surface area contributed by atoms with E-state index in [0.717, 1.165) is 69.5 Å². The molecule has 0 saturated carbocycles. The number of hydrogen-bond donors (Lipinski definition) is 5. The Morgan fingerprint density at radius 3 is 2.10 bits per heavy atom. The van der Waals surface area contributed by atoms with Gasteiger partial charge in [-0.1, -0.05) is 74.4 Å². The lowest BCUT2D eigenvalue weighted by atomic mass is 10.1. The monoisotopic (exact) mass is 567 g/mol. The Morgan fingerprint density at radius 1 is 0.846 bits per heavy atom. The van der Waals surface area contributed by atoms with Crippen LogP contribution in [0.1, 0.15) is 84.0 Å². The third-order valence-electron chi connectivity index (χ3n) is 5.51. The van der Waals surface area contributed by atoms with Crippen LogP contribution in [-0.2, 0) is 24.0 Å². The van der Waals surface area contributed by atoms with Crippen LogP contribution < -0.4 is 16.4 Å². The number of carbonyl (C=O) groups is 5. The van der Waals surface area contributed by atoms with Gasteiger partial charge in [0.1, 0.15) is 18.6 Å². The topological polar surface area (TPSA) is 176 Å². The molecule has 0 heterocycles. The summed E-state index contributed by atoms with van der Waals surface area (Å²) in [4.78, 5) is 58.2. The molecule has 2 atom stereocenters. The number of thioether (sulfide) groups is 1. The van der Waals surface area contributed by atoms with Crippen molar-refractivity contribution in [1.82, 2.24) is 10.6 Å². The smallest absolute Gasteiger partial charge is 0.322 e. The first-order chi connectivity index (χ1) is 18.7. The number of carboxylic acid groups (broad SMARTS) is 2. The highest BCUT2D eigenvalue weighted by Crippen LogP contribution is 2.14. The average molecular weight is 568 g/mol. The number of allylic oxidation sites excluding steroid dienone is 6. The van der Waals surface area contributed by atoms with Crippen LogP contribution in [0.5, 0.6) is 0 Å². The summed E-state index contributed by atoms with van der Waals surface area (Å²) in [5, 5.41) is 22.1. The molecule has 220 valence electrons. The summed E-state index contributed by atoms with van der Waals surface area (Å²) in [6.45, 7) is 1.49. The summed E-state index contributed by atoms with van der Waals surface area (Å²) < 4.78 is 0. The van der Waals surface area contributed by atoms with E-state index in [1.807, 2.05) is 0 Å². The van der Waals surface area contributed by atoms with Crippen molar-refractivity contribution in [3.05, 3.63) is 36.5 Å². The Balaban J connectivity index is 4.21. The van der Waals surface area contributed by atoms with Crippen molar-refractivity contribution in [1.29, 1.82) is 0 Å². The van der Waals surface area contributed by atoms with Gasteiger partial charge in [-0.15, -0.1) is 0 Å². The molecular weight excluding hydrogens is 522 g/mol. The molecule has 39 heavy (non-hydrogen) atoms. The number of amides is 2. The quantitative estimate of drug-likeness (QED) is 0.0910. The number of carbonyl (C=O) groups excluding carboxylic acids is 3. The molecule has 0 aromatic carbocycles. The zero-order valence-corrected chi connectivity index (χ0v) is 23.8. The molecule has 0 aromatic rings. The second kappa shape index (κ2) is 24.1. The van der Waals surface area contributed by atoms with Gasteiger partial charge >= 0.3 is 11.9 Å². The molecule has 0 bridgehead atoms. The molecule has 2 unspecified atom stereocenters. The maximum absolute atomic E-state index is 12.3. The fraction of sp³-hybridized carbons (Fsp3) is 0.607. The molecule has 2 amide bonds. The van der Waals surface area contributed by atoms with Crippen LogP contribution in [0.2, 0.25) is 0 Å². The predicted octanol–water partition coefficient (Wildman–Crippen LogP) is 3.71. The maximum atomic E-state index is 12.3. The molecule has 11 heteroatoms. The van der Waals surface area contributed by atoms with Crippen molar-refractivity contribution >= 4 is 40.6 Å². The first kappa shape index (κ1) is 36.1. The Kier molecular flexibility index (Phi) is 22.3. The summed E-state index contributed by atoms with van der Waals surface area (Å²) in [7, 11) is 0. The standard InChI is InChI=1S/C28H45N3O7S/c1-2-3-4-5-6-7-8-9-10-11-12-13-14-15-16-17-26(35)39-21-23(27(36)30-20-25(33)34)31-24(32)19-18-22(29)28(37)38/h3-4,6-7,9-10,22-23H,2,5,8,11-21,29H2,1H3,(H,30,36)(H,31,32)(H,33,34)(H,37,38)/b4-3+,7-6+,10-9+. The van der Waals surface area contributed by atoms with Gasteiger partial charge < -0.3 is 26.6 Å². The lowest BCUT2D eigenvalue weighted by molar-refractivity contribution is -0.139. The second-order valence-electron chi connectivity index (χ2n) is 9.00. The minimum absolute atomic E-state index is 0.0576. The predicted molar refractivity (Wildman–Crippen MR) is 154 cm³/mol. The Bertz CT molecular complexity index is 843. The van der Waals surface area contributed by atoms with Crippen LogP contribution in [0.25, 0.3) is 0 Å². The summed E-state index contributed by atoms with van der Waals surface area (Å²) in [6, 6.07) is -2.35. The van der Waals surface area contributed by atoms with Gasteiger partial charge in [0.15, 0.2) is 5.12 Å². The van der Waals surface area contributed by atoms with E-state index in [1.165, 1.54) is 0 Å². The molecule has 0 rings (SSSR count).